The summed E-state index contributed by atoms with van der Waals surface area (Å²) >= 11 is 0. The quantitative estimate of drug-likeness (QED) is 0.160. The number of hydrogen-bond acceptors (Lipinski definition) is 4. The van der Waals surface area contributed by atoms with Crippen molar-refractivity contribution in [3.8, 4) is 61.8 Å². The molecule has 0 saturated carbocycles. The van der Waals surface area contributed by atoms with Crippen LogP contribution in [0.4, 0.5) is 0 Å². The summed E-state index contributed by atoms with van der Waals surface area (Å²) in [5.41, 5.74) is 16.0. The lowest BCUT2D eigenvalue weighted by Gasteiger charge is -2.32. The van der Waals surface area contributed by atoms with Gasteiger partial charge in [0.05, 0.1) is 11.0 Å². The van der Waals surface area contributed by atoms with Gasteiger partial charge >= 0.3 is 0 Å². The lowest BCUT2D eigenvalue weighted by atomic mass is 9.71. The Balaban J connectivity index is 0.969. The molecule has 0 bridgehead atoms. The van der Waals surface area contributed by atoms with E-state index in [9.17, 15) is 0 Å². The predicted molar refractivity (Wildman–Crippen MR) is 280 cm³/mol. The molecule has 1 aliphatic carbocycles. The Bertz CT molecular complexity index is 4090. The van der Waals surface area contributed by atoms with Gasteiger partial charge in [-0.05, 0) is 93.0 Å². The number of fused-ring (bicyclic) bond motifs is 9. The van der Waals surface area contributed by atoms with Gasteiger partial charge in [0, 0.05) is 43.9 Å². The molecule has 0 aliphatic heterocycles. The highest BCUT2D eigenvalue weighted by Crippen LogP contribution is 2.57. The first kappa shape index (κ1) is 39.0. The van der Waals surface area contributed by atoms with Gasteiger partial charge in [0.25, 0.3) is 0 Å². The Morgan fingerprint density at radius 3 is 1.58 bits per heavy atom. The third-order valence-electron chi connectivity index (χ3n) is 14.1. The van der Waals surface area contributed by atoms with Crippen molar-refractivity contribution < 1.29 is 4.42 Å². The van der Waals surface area contributed by atoms with E-state index in [1.165, 1.54) is 27.5 Å². The SMILES string of the molecule is c1ccc(-c2cccc(-c3ccc4c5ccccc5n(-c5ccc(-c6nc(-c7ccccc7)nc(C7(c8cccc9c8oc8ccccc89)c8ccccc8-c8ccccc87)n6)cc5)c4c3)c2)cc1. The number of aromatic nitrogens is 4. The highest BCUT2D eigenvalue weighted by Gasteiger charge is 2.50. The average Bonchev–Trinajstić information content (AvgIpc) is 4.08. The average molecular weight is 881 g/mol. The molecule has 14 rings (SSSR count). The number of furan rings is 1. The summed E-state index contributed by atoms with van der Waals surface area (Å²) in [5, 5.41) is 4.53. The molecule has 10 aromatic carbocycles. The number of hydrogen-bond donors (Lipinski definition) is 0. The van der Waals surface area contributed by atoms with Crippen molar-refractivity contribution in [3.05, 3.63) is 265 Å². The molecule has 0 radical (unpaired) electrons. The van der Waals surface area contributed by atoms with Crippen LogP contribution in [0.15, 0.2) is 247 Å². The van der Waals surface area contributed by atoms with Crippen molar-refractivity contribution in [1.29, 1.82) is 0 Å². The van der Waals surface area contributed by atoms with Crippen molar-refractivity contribution in [2.24, 2.45) is 0 Å². The van der Waals surface area contributed by atoms with E-state index in [1.807, 2.05) is 30.3 Å². The molecular weight excluding hydrogens is 841 g/mol. The lowest BCUT2D eigenvalue weighted by molar-refractivity contribution is 0.634. The van der Waals surface area contributed by atoms with E-state index in [0.717, 1.165) is 83.2 Å². The van der Waals surface area contributed by atoms with Crippen LogP contribution < -0.4 is 0 Å². The van der Waals surface area contributed by atoms with Crippen molar-refractivity contribution in [2.45, 2.75) is 5.41 Å². The Hall–Kier alpha value is -9.19. The standard InChI is InChI=1S/C64H40N4O/c1-3-17-41(18-4-1)44-21-15-22-45(39-44)46-35-38-51-50-25-9-13-31-57(50)68(58(51)40-46)47-36-33-43(34-37-47)62-65-61(42-19-5-2-6-20-42)66-63(67-62)64(54-28-11-7-23-48(54)49-24-8-12-29-55(49)64)56-30-16-27-53-52-26-10-14-32-59(52)69-60(53)56/h1-40H. The minimum atomic E-state index is -0.955. The van der Waals surface area contributed by atoms with Crippen LogP contribution in [0.25, 0.3) is 106 Å². The summed E-state index contributed by atoms with van der Waals surface area (Å²) in [4.78, 5) is 16.4. The molecule has 5 heteroatoms. The van der Waals surface area contributed by atoms with Gasteiger partial charge in [0.2, 0.25) is 0 Å². The monoisotopic (exact) mass is 880 g/mol. The summed E-state index contributed by atoms with van der Waals surface area (Å²) < 4.78 is 9.27. The predicted octanol–water partition coefficient (Wildman–Crippen LogP) is 15.9. The Labute approximate surface area is 398 Å². The molecule has 0 fully saturated rings. The van der Waals surface area contributed by atoms with E-state index in [4.69, 9.17) is 19.4 Å². The number of benzene rings is 10. The van der Waals surface area contributed by atoms with E-state index in [0.29, 0.717) is 17.5 Å². The van der Waals surface area contributed by atoms with E-state index in [-0.39, 0.29) is 0 Å². The van der Waals surface area contributed by atoms with Crippen molar-refractivity contribution >= 4 is 43.7 Å². The summed E-state index contributed by atoms with van der Waals surface area (Å²) in [6.07, 6.45) is 0. The normalized spacial score (nSPS) is 12.8. The lowest BCUT2D eigenvalue weighted by Crippen LogP contribution is -2.32. The minimum Gasteiger partial charge on any atom is -0.456 e. The molecule has 3 aromatic heterocycles. The Morgan fingerprint density at radius 2 is 0.841 bits per heavy atom. The first-order chi connectivity index (χ1) is 34.2. The number of rotatable bonds is 7. The minimum absolute atomic E-state index is 0.589. The molecule has 0 amide bonds. The summed E-state index contributed by atoms with van der Waals surface area (Å²) in [6, 6.07) is 86.0. The topological polar surface area (TPSA) is 56.7 Å². The van der Waals surface area contributed by atoms with Gasteiger partial charge in [-0.2, -0.15) is 0 Å². The summed E-state index contributed by atoms with van der Waals surface area (Å²) in [5.74, 6) is 1.82. The van der Waals surface area contributed by atoms with Crippen molar-refractivity contribution in [2.75, 3.05) is 0 Å². The fourth-order valence-electron chi connectivity index (χ4n) is 11.0. The van der Waals surface area contributed by atoms with Crippen LogP contribution in [0.2, 0.25) is 0 Å². The van der Waals surface area contributed by atoms with E-state index >= 15 is 0 Å². The highest BCUT2D eigenvalue weighted by molar-refractivity contribution is 6.10. The molecule has 0 saturated heterocycles. The fourth-order valence-corrected chi connectivity index (χ4v) is 11.0. The molecule has 322 valence electrons. The summed E-state index contributed by atoms with van der Waals surface area (Å²) in [6.45, 7) is 0. The van der Waals surface area contributed by atoms with Crippen LogP contribution in [-0.4, -0.2) is 19.5 Å². The maximum absolute atomic E-state index is 6.89. The molecular formula is C64H40N4O. The van der Waals surface area contributed by atoms with Gasteiger partial charge in [-0.3, -0.25) is 0 Å². The summed E-state index contributed by atoms with van der Waals surface area (Å²) in [7, 11) is 0. The first-order valence-corrected chi connectivity index (χ1v) is 23.4. The van der Waals surface area contributed by atoms with Crippen LogP contribution in [-0.2, 0) is 5.41 Å². The second-order valence-corrected chi connectivity index (χ2v) is 17.9. The number of nitrogens with zero attached hydrogens (tertiary/aromatic N) is 4. The molecule has 0 unspecified atom stereocenters. The van der Waals surface area contributed by atoms with Gasteiger partial charge < -0.3 is 8.98 Å². The zero-order valence-electron chi connectivity index (χ0n) is 37.3. The van der Waals surface area contributed by atoms with Crippen molar-refractivity contribution in [3.63, 3.8) is 0 Å². The Kier molecular flexibility index (Phi) is 8.73. The van der Waals surface area contributed by atoms with Gasteiger partial charge in [-0.15, -0.1) is 0 Å². The van der Waals surface area contributed by atoms with E-state index in [2.05, 4.69) is 217 Å². The first-order valence-electron chi connectivity index (χ1n) is 23.4. The molecule has 0 spiro atoms. The smallest absolute Gasteiger partial charge is 0.163 e. The molecule has 69 heavy (non-hydrogen) atoms. The molecule has 1 aliphatic rings. The zero-order valence-corrected chi connectivity index (χ0v) is 37.3. The second kappa shape index (κ2) is 15.4. The van der Waals surface area contributed by atoms with Crippen LogP contribution in [0.1, 0.15) is 22.5 Å². The molecule has 5 nitrogen and oxygen atoms in total. The van der Waals surface area contributed by atoms with E-state index < -0.39 is 5.41 Å². The molecule has 3 heterocycles. The molecule has 0 N–H and O–H groups in total. The van der Waals surface area contributed by atoms with Gasteiger partial charge in [-0.25, -0.2) is 15.0 Å². The Morgan fingerprint density at radius 1 is 0.333 bits per heavy atom. The second-order valence-electron chi connectivity index (χ2n) is 17.9. The van der Waals surface area contributed by atoms with Crippen LogP contribution >= 0.6 is 0 Å². The largest absolute Gasteiger partial charge is 0.456 e. The van der Waals surface area contributed by atoms with Gasteiger partial charge in [0.1, 0.15) is 16.6 Å². The third-order valence-corrected chi connectivity index (χ3v) is 14.1. The maximum Gasteiger partial charge on any atom is 0.163 e. The molecule has 13 aromatic rings. The maximum atomic E-state index is 6.89. The van der Waals surface area contributed by atoms with Gasteiger partial charge in [-0.1, -0.05) is 194 Å². The third kappa shape index (κ3) is 6.00. The molecule has 0 atom stereocenters. The zero-order chi connectivity index (χ0) is 45.5. The van der Waals surface area contributed by atoms with E-state index in [1.54, 1.807) is 0 Å². The fraction of sp³-hybridized carbons (Fsp3) is 0.0156. The van der Waals surface area contributed by atoms with Gasteiger partial charge in [0.15, 0.2) is 17.5 Å². The van der Waals surface area contributed by atoms with Crippen LogP contribution in [0, 0.1) is 0 Å². The van der Waals surface area contributed by atoms with Crippen LogP contribution in [0.5, 0.6) is 0 Å². The number of para-hydroxylation sites is 3. The van der Waals surface area contributed by atoms with Crippen molar-refractivity contribution in [1.82, 2.24) is 19.5 Å². The van der Waals surface area contributed by atoms with Crippen LogP contribution in [0.3, 0.4) is 0 Å². The highest BCUT2D eigenvalue weighted by atomic mass is 16.3.